The fourth-order valence-corrected chi connectivity index (χ4v) is 3.47. The van der Waals surface area contributed by atoms with Crippen LogP contribution >= 0.6 is 0 Å². The molecule has 1 saturated heterocycles. The molecule has 1 aliphatic heterocycles. The van der Waals surface area contributed by atoms with Crippen LogP contribution in [0.4, 0.5) is 5.82 Å². The largest absolute Gasteiger partial charge is 0.478 e. The van der Waals surface area contributed by atoms with Crippen molar-refractivity contribution in [3.63, 3.8) is 0 Å². The Morgan fingerprint density at radius 3 is 2.88 bits per heavy atom. The van der Waals surface area contributed by atoms with Crippen LogP contribution in [0.2, 0.25) is 0 Å². The van der Waals surface area contributed by atoms with Gasteiger partial charge in [0.2, 0.25) is 0 Å². The van der Waals surface area contributed by atoms with E-state index in [9.17, 15) is 13.2 Å². The molecule has 1 fully saturated rings. The van der Waals surface area contributed by atoms with Crippen molar-refractivity contribution in [2.24, 2.45) is 0 Å². The molecule has 2 rings (SSSR count). The Kier molecular flexibility index (Phi) is 3.01. The smallest absolute Gasteiger partial charge is 0.339 e. The van der Waals surface area contributed by atoms with E-state index in [0.717, 1.165) is 0 Å². The number of rotatable bonds is 3. The lowest BCUT2D eigenvalue weighted by molar-refractivity contribution is 0.0697. The van der Waals surface area contributed by atoms with E-state index in [4.69, 9.17) is 5.11 Å². The Balaban J connectivity index is 2.17. The van der Waals surface area contributed by atoms with E-state index in [-0.39, 0.29) is 28.9 Å². The third-order valence-corrected chi connectivity index (χ3v) is 4.38. The molecule has 92 valence electrons. The minimum Gasteiger partial charge on any atom is -0.478 e. The molecule has 17 heavy (non-hydrogen) atoms. The van der Waals surface area contributed by atoms with Gasteiger partial charge in [0.25, 0.3) is 0 Å². The van der Waals surface area contributed by atoms with Gasteiger partial charge in [-0.2, -0.15) is 0 Å². The summed E-state index contributed by atoms with van der Waals surface area (Å²) in [5, 5.41) is 11.8. The molecule has 0 spiro atoms. The van der Waals surface area contributed by atoms with E-state index in [2.05, 4.69) is 10.3 Å². The SMILES string of the molecule is O=C(O)c1cccnc1NC1CCS(=O)(=O)C1. The summed E-state index contributed by atoms with van der Waals surface area (Å²) in [6.45, 7) is 0. The highest BCUT2D eigenvalue weighted by Crippen LogP contribution is 2.18. The lowest BCUT2D eigenvalue weighted by Crippen LogP contribution is -2.22. The van der Waals surface area contributed by atoms with Gasteiger partial charge in [0, 0.05) is 12.2 Å². The average molecular weight is 256 g/mol. The maximum atomic E-state index is 11.3. The van der Waals surface area contributed by atoms with Gasteiger partial charge < -0.3 is 10.4 Å². The molecule has 6 nitrogen and oxygen atoms in total. The van der Waals surface area contributed by atoms with E-state index in [1.165, 1.54) is 18.3 Å². The molecule has 2 N–H and O–H groups in total. The Labute approximate surface area is 98.6 Å². The third-order valence-electron chi connectivity index (χ3n) is 2.61. The lowest BCUT2D eigenvalue weighted by atomic mass is 10.2. The van der Waals surface area contributed by atoms with Crippen LogP contribution in [0, 0.1) is 0 Å². The van der Waals surface area contributed by atoms with Gasteiger partial charge in [0.15, 0.2) is 9.84 Å². The predicted molar refractivity (Wildman–Crippen MR) is 61.9 cm³/mol. The van der Waals surface area contributed by atoms with Gasteiger partial charge in [-0.05, 0) is 18.6 Å². The molecule has 0 amide bonds. The van der Waals surface area contributed by atoms with Crippen molar-refractivity contribution in [3.05, 3.63) is 23.9 Å². The van der Waals surface area contributed by atoms with Crippen LogP contribution in [0.3, 0.4) is 0 Å². The average Bonchev–Trinajstić information content (AvgIpc) is 2.58. The molecule has 1 aliphatic rings. The monoisotopic (exact) mass is 256 g/mol. The van der Waals surface area contributed by atoms with Crippen LogP contribution in [0.1, 0.15) is 16.8 Å². The van der Waals surface area contributed by atoms with E-state index in [1.54, 1.807) is 0 Å². The summed E-state index contributed by atoms with van der Waals surface area (Å²) >= 11 is 0. The standard InChI is InChI=1S/C10H12N2O4S/c13-10(14)8-2-1-4-11-9(8)12-7-3-5-17(15,16)6-7/h1-2,4,7H,3,5-6H2,(H,11,12)(H,13,14). The minimum absolute atomic E-state index is 0.0304. The Morgan fingerprint density at radius 1 is 1.53 bits per heavy atom. The number of carboxylic acids is 1. The number of hydrogen-bond acceptors (Lipinski definition) is 5. The van der Waals surface area contributed by atoms with Crippen molar-refractivity contribution >= 4 is 21.6 Å². The third kappa shape index (κ3) is 2.73. The fourth-order valence-electron chi connectivity index (χ4n) is 1.80. The summed E-state index contributed by atoms with van der Waals surface area (Å²) in [6, 6.07) is 2.70. The number of nitrogens with one attached hydrogen (secondary N) is 1. The van der Waals surface area contributed by atoms with Gasteiger partial charge in [0.1, 0.15) is 11.4 Å². The summed E-state index contributed by atoms with van der Waals surface area (Å²) in [4.78, 5) is 14.8. The van der Waals surface area contributed by atoms with E-state index in [1.807, 2.05) is 0 Å². The molecule has 1 aromatic rings. The van der Waals surface area contributed by atoms with E-state index >= 15 is 0 Å². The topological polar surface area (TPSA) is 96.4 Å². The molecule has 0 bridgehead atoms. The predicted octanol–water partition coefficient (Wildman–Crippen LogP) is 0.379. The van der Waals surface area contributed by atoms with Crippen LogP contribution in [-0.2, 0) is 9.84 Å². The molecular weight excluding hydrogens is 244 g/mol. The maximum Gasteiger partial charge on any atom is 0.339 e. The van der Waals surface area contributed by atoms with Crippen molar-refractivity contribution in [2.45, 2.75) is 12.5 Å². The van der Waals surface area contributed by atoms with Gasteiger partial charge in [0.05, 0.1) is 11.5 Å². The molecule has 2 heterocycles. The number of nitrogens with zero attached hydrogens (tertiary/aromatic N) is 1. The van der Waals surface area contributed by atoms with E-state index in [0.29, 0.717) is 6.42 Å². The first kappa shape index (κ1) is 11.8. The molecule has 0 aromatic carbocycles. The number of hydrogen-bond donors (Lipinski definition) is 2. The highest BCUT2D eigenvalue weighted by molar-refractivity contribution is 7.91. The van der Waals surface area contributed by atoms with Crippen LogP contribution in [0.15, 0.2) is 18.3 Å². The second-order valence-electron chi connectivity index (χ2n) is 3.95. The Hall–Kier alpha value is -1.63. The van der Waals surface area contributed by atoms with Crippen LogP contribution < -0.4 is 5.32 Å². The Bertz CT molecular complexity index is 541. The quantitative estimate of drug-likeness (QED) is 0.811. The fraction of sp³-hybridized carbons (Fsp3) is 0.400. The molecule has 1 aromatic heterocycles. The summed E-state index contributed by atoms with van der Waals surface area (Å²) in [6.07, 6.45) is 1.95. The number of anilines is 1. The number of aromatic carboxylic acids is 1. The van der Waals surface area contributed by atoms with Crippen LogP contribution in [0.25, 0.3) is 0 Å². The summed E-state index contributed by atoms with van der Waals surface area (Å²) in [5.41, 5.74) is 0.0526. The van der Waals surface area contributed by atoms with Gasteiger partial charge >= 0.3 is 5.97 Å². The molecule has 1 atom stereocenters. The molecule has 0 radical (unpaired) electrons. The minimum atomic E-state index is -2.99. The second kappa shape index (κ2) is 4.33. The molecule has 0 saturated carbocycles. The number of carbonyl (C=O) groups is 1. The van der Waals surface area contributed by atoms with Crippen molar-refractivity contribution in [2.75, 3.05) is 16.8 Å². The molecule has 0 aliphatic carbocycles. The van der Waals surface area contributed by atoms with Crippen molar-refractivity contribution < 1.29 is 18.3 Å². The van der Waals surface area contributed by atoms with Crippen molar-refractivity contribution in [1.82, 2.24) is 4.98 Å². The van der Waals surface area contributed by atoms with Gasteiger partial charge in [-0.25, -0.2) is 18.2 Å². The molecular formula is C10H12N2O4S. The number of carboxylic acid groups (broad SMARTS) is 1. The first-order valence-electron chi connectivity index (χ1n) is 5.13. The normalized spacial score (nSPS) is 22.2. The van der Waals surface area contributed by atoms with Gasteiger partial charge in [-0.1, -0.05) is 0 Å². The van der Waals surface area contributed by atoms with E-state index < -0.39 is 15.8 Å². The highest BCUT2D eigenvalue weighted by Gasteiger charge is 2.28. The van der Waals surface area contributed by atoms with Crippen molar-refractivity contribution in [1.29, 1.82) is 0 Å². The van der Waals surface area contributed by atoms with Crippen molar-refractivity contribution in [3.8, 4) is 0 Å². The van der Waals surface area contributed by atoms with Crippen LogP contribution in [0.5, 0.6) is 0 Å². The summed E-state index contributed by atoms with van der Waals surface area (Å²) in [5.74, 6) is -0.689. The summed E-state index contributed by atoms with van der Waals surface area (Å²) < 4.78 is 22.5. The Morgan fingerprint density at radius 2 is 2.29 bits per heavy atom. The second-order valence-corrected chi connectivity index (χ2v) is 6.18. The zero-order valence-corrected chi connectivity index (χ0v) is 9.77. The van der Waals surface area contributed by atoms with Crippen LogP contribution in [-0.4, -0.2) is 42.0 Å². The van der Waals surface area contributed by atoms with Gasteiger partial charge in [-0.3, -0.25) is 0 Å². The first-order valence-corrected chi connectivity index (χ1v) is 6.95. The number of pyridine rings is 1. The highest BCUT2D eigenvalue weighted by atomic mass is 32.2. The number of aromatic nitrogens is 1. The maximum absolute atomic E-state index is 11.3. The van der Waals surface area contributed by atoms with Gasteiger partial charge in [-0.15, -0.1) is 0 Å². The number of sulfone groups is 1. The zero-order chi connectivity index (χ0) is 12.5. The zero-order valence-electron chi connectivity index (χ0n) is 8.96. The first-order chi connectivity index (χ1) is 7.98. The molecule has 1 unspecified atom stereocenters. The molecule has 7 heteroatoms. The lowest BCUT2D eigenvalue weighted by Gasteiger charge is -2.12. The summed E-state index contributed by atoms with van der Waals surface area (Å²) in [7, 11) is -2.99.